The van der Waals surface area contributed by atoms with Crippen molar-refractivity contribution < 1.29 is 0 Å². The highest BCUT2D eigenvalue weighted by atomic mass is 79.9. The molecule has 0 aromatic rings. The summed E-state index contributed by atoms with van der Waals surface area (Å²) in [6.45, 7) is 0. The van der Waals surface area contributed by atoms with Crippen molar-refractivity contribution in [2.24, 2.45) is 34.5 Å². The molecular weight excluding hydrogens is 476 g/mol. The fraction of sp³-hybridized carbons (Fsp3) is 1.00. The summed E-state index contributed by atoms with van der Waals surface area (Å²) in [5.41, 5.74) is 1.14. The third kappa shape index (κ3) is 1.01. The SMILES string of the molecule is BrC1(Br)[C@@H]2C[C@]34C[C@@H]5C[C@@H]5C[C@]3(C[C@@H]21)C4(Br)Br. The summed E-state index contributed by atoms with van der Waals surface area (Å²) in [6.07, 6.45) is 7.31. The monoisotopic (exact) mass is 486 g/mol. The van der Waals surface area contributed by atoms with Crippen LogP contribution >= 0.6 is 63.7 Å². The zero-order valence-electron chi connectivity index (χ0n) is 9.36. The van der Waals surface area contributed by atoms with Crippen LogP contribution in [0.5, 0.6) is 0 Å². The third-order valence-corrected chi connectivity index (χ3v) is 12.2. The maximum Gasteiger partial charge on any atom is 0.0929 e. The van der Waals surface area contributed by atoms with Gasteiger partial charge in [0.2, 0.25) is 0 Å². The van der Waals surface area contributed by atoms with E-state index in [2.05, 4.69) is 63.7 Å². The van der Waals surface area contributed by atoms with Gasteiger partial charge in [-0.05, 0) is 55.8 Å². The van der Waals surface area contributed by atoms with Crippen molar-refractivity contribution in [3.05, 3.63) is 0 Å². The molecule has 5 aliphatic carbocycles. The second kappa shape index (κ2) is 2.78. The first-order valence-electron chi connectivity index (χ1n) is 6.61. The summed E-state index contributed by atoms with van der Waals surface area (Å²) in [5.74, 6) is 3.86. The molecule has 5 fully saturated rings. The first-order valence-corrected chi connectivity index (χ1v) is 9.79. The molecule has 0 heterocycles. The highest BCUT2D eigenvalue weighted by Gasteiger charge is 2.92. The Kier molecular flexibility index (Phi) is 1.89. The van der Waals surface area contributed by atoms with Gasteiger partial charge in [-0.15, -0.1) is 0 Å². The second-order valence-electron chi connectivity index (χ2n) is 7.20. The van der Waals surface area contributed by atoms with Crippen LogP contribution in [0.25, 0.3) is 0 Å². The minimum absolute atomic E-state index is 0.275. The molecular formula is C13H14Br4. The van der Waals surface area contributed by atoms with Crippen LogP contribution in [0.15, 0.2) is 0 Å². The summed E-state index contributed by atoms with van der Waals surface area (Å²) in [4.78, 5) is 0. The number of hydrogen-bond acceptors (Lipinski definition) is 0. The van der Waals surface area contributed by atoms with Gasteiger partial charge in [-0.3, -0.25) is 0 Å². The largest absolute Gasteiger partial charge is 0.0929 e. The van der Waals surface area contributed by atoms with Gasteiger partial charge in [0.15, 0.2) is 0 Å². The van der Waals surface area contributed by atoms with E-state index in [1.165, 1.54) is 32.1 Å². The van der Waals surface area contributed by atoms with Gasteiger partial charge in [-0.1, -0.05) is 63.7 Å². The van der Waals surface area contributed by atoms with Crippen molar-refractivity contribution in [2.75, 3.05) is 0 Å². The molecule has 0 radical (unpaired) electrons. The molecule has 0 unspecified atom stereocenters. The van der Waals surface area contributed by atoms with Crippen LogP contribution in [0.4, 0.5) is 0 Å². The lowest BCUT2D eigenvalue weighted by Gasteiger charge is -2.32. The highest BCUT2D eigenvalue weighted by molar-refractivity contribution is 9.26. The predicted molar refractivity (Wildman–Crippen MR) is 83.1 cm³/mol. The lowest BCUT2D eigenvalue weighted by atomic mass is 9.71. The summed E-state index contributed by atoms with van der Waals surface area (Å²) < 4.78 is 0.564. The van der Waals surface area contributed by atoms with E-state index >= 15 is 0 Å². The van der Waals surface area contributed by atoms with Crippen LogP contribution in [0.1, 0.15) is 32.1 Å². The Labute approximate surface area is 136 Å². The minimum Gasteiger partial charge on any atom is -0.0721 e. The van der Waals surface area contributed by atoms with Crippen molar-refractivity contribution in [2.45, 2.75) is 38.6 Å². The summed E-state index contributed by atoms with van der Waals surface area (Å²) in [5, 5.41) is 0. The van der Waals surface area contributed by atoms with E-state index in [4.69, 9.17) is 0 Å². The molecule has 0 amide bonds. The van der Waals surface area contributed by atoms with E-state index in [1.807, 2.05) is 0 Å². The molecule has 5 aliphatic rings. The zero-order valence-corrected chi connectivity index (χ0v) is 15.7. The Morgan fingerprint density at radius 1 is 0.706 bits per heavy atom. The summed E-state index contributed by atoms with van der Waals surface area (Å²) in [6, 6.07) is 0. The van der Waals surface area contributed by atoms with Crippen LogP contribution in [0.2, 0.25) is 0 Å². The molecule has 0 nitrogen and oxygen atoms in total. The molecule has 0 spiro atoms. The molecule has 0 aromatic carbocycles. The Hall–Kier alpha value is 1.92. The quantitative estimate of drug-likeness (QED) is 0.399. The fourth-order valence-corrected chi connectivity index (χ4v) is 9.95. The molecule has 94 valence electrons. The van der Waals surface area contributed by atoms with Crippen LogP contribution in [-0.4, -0.2) is 6.47 Å². The van der Waals surface area contributed by atoms with Crippen LogP contribution in [0, 0.1) is 34.5 Å². The van der Waals surface area contributed by atoms with Crippen molar-refractivity contribution >= 4 is 63.7 Å². The second-order valence-corrected chi connectivity index (χ2v) is 14.3. The molecule has 5 rings (SSSR count). The predicted octanol–water partition coefficient (Wildman–Crippen LogP) is 5.41. The van der Waals surface area contributed by atoms with E-state index in [0.29, 0.717) is 10.8 Å². The molecule has 0 bridgehead atoms. The van der Waals surface area contributed by atoms with Crippen LogP contribution in [0.3, 0.4) is 0 Å². The number of hydrogen-bond donors (Lipinski definition) is 0. The zero-order chi connectivity index (χ0) is 11.8. The Morgan fingerprint density at radius 3 is 1.65 bits per heavy atom. The van der Waals surface area contributed by atoms with E-state index in [-0.39, 0.29) is 6.47 Å². The standard InChI is InChI=1S/C13H14Br4/c14-12(15)8-4-10-2-6-1-7(6)3-11(10,5-9(8)12)13(10,16)17/h6-9H,1-5H2/t6-,7+,8+,9-,10-,11-/m1/s1. The maximum absolute atomic E-state index is 4.07. The van der Waals surface area contributed by atoms with Gasteiger partial charge in [0.25, 0.3) is 0 Å². The molecule has 0 aromatic heterocycles. The van der Waals surface area contributed by atoms with Gasteiger partial charge in [0.1, 0.15) is 0 Å². The Bertz CT molecular complexity index is 409. The number of rotatable bonds is 0. The van der Waals surface area contributed by atoms with Gasteiger partial charge in [0, 0.05) is 10.8 Å². The van der Waals surface area contributed by atoms with Gasteiger partial charge >= 0.3 is 0 Å². The highest BCUT2D eigenvalue weighted by Crippen LogP contribution is 2.96. The van der Waals surface area contributed by atoms with E-state index in [9.17, 15) is 0 Å². The fourth-order valence-electron chi connectivity index (χ4n) is 5.68. The molecule has 4 heteroatoms. The minimum atomic E-state index is 0.275. The van der Waals surface area contributed by atoms with Crippen LogP contribution < -0.4 is 0 Å². The molecule has 0 N–H and O–H groups in total. The summed E-state index contributed by atoms with van der Waals surface area (Å²) in [7, 11) is 0. The first kappa shape index (κ1) is 11.6. The average Bonchev–Trinajstić information content (AvgIpc) is 3.14. The van der Waals surface area contributed by atoms with Crippen molar-refractivity contribution in [3.8, 4) is 0 Å². The molecule has 5 saturated carbocycles. The smallest absolute Gasteiger partial charge is 0.0721 e. The van der Waals surface area contributed by atoms with E-state index < -0.39 is 0 Å². The van der Waals surface area contributed by atoms with Crippen molar-refractivity contribution in [1.82, 2.24) is 0 Å². The normalized spacial score (nSPS) is 67.1. The molecule has 0 aliphatic heterocycles. The summed E-state index contributed by atoms with van der Waals surface area (Å²) >= 11 is 16.0. The Morgan fingerprint density at radius 2 is 1.18 bits per heavy atom. The van der Waals surface area contributed by atoms with Gasteiger partial charge in [-0.2, -0.15) is 0 Å². The number of fused-ring (bicyclic) bond motifs is 2. The van der Waals surface area contributed by atoms with Crippen molar-refractivity contribution in [1.29, 1.82) is 0 Å². The number of alkyl halides is 4. The lowest BCUT2D eigenvalue weighted by molar-refractivity contribution is 0.157. The van der Waals surface area contributed by atoms with E-state index in [0.717, 1.165) is 23.7 Å². The van der Waals surface area contributed by atoms with Crippen molar-refractivity contribution in [3.63, 3.8) is 0 Å². The lowest BCUT2D eigenvalue weighted by Crippen LogP contribution is -2.25. The van der Waals surface area contributed by atoms with Gasteiger partial charge in [-0.25, -0.2) is 0 Å². The third-order valence-electron chi connectivity index (χ3n) is 6.85. The first-order chi connectivity index (χ1) is 7.86. The van der Waals surface area contributed by atoms with E-state index in [1.54, 1.807) is 0 Å². The van der Waals surface area contributed by atoms with Gasteiger partial charge < -0.3 is 0 Å². The number of halogens is 4. The molecule has 6 atom stereocenters. The molecule has 17 heavy (non-hydrogen) atoms. The molecule has 0 saturated heterocycles. The average molecular weight is 490 g/mol. The maximum atomic E-state index is 4.07. The topological polar surface area (TPSA) is 0 Å². The van der Waals surface area contributed by atoms with Gasteiger partial charge in [0.05, 0.1) is 6.47 Å². The van der Waals surface area contributed by atoms with Crippen LogP contribution in [-0.2, 0) is 0 Å². The Balaban J connectivity index is 1.60.